The van der Waals surface area contributed by atoms with E-state index < -0.39 is 6.10 Å². The van der Waals surface area contributed by atoms with Gasteiger partial charge in [-0.05, 0) is 45.8 Å². The molecule has 4 nitrogen and oxygen atoms in total. The van der Waals surface area contributed by atoms with Crippen LogP contribution in [0.3, 0.4) is 0 Å². The zero-order chi connectivity index (χ0) is 18.1. The van der Waals surface area contributed by atoms with Crippen molar-refractivity contribution in [2.24, 2.45) is 0 Å². The van der Waals surface area contributed by atoms with Crippen LogP contribution in [0.1, 0.15) is 17.4 Å². The summed E-state index contributed by atoms with van der Waals surface area (Å²) in [5, 5.41) is 12.1. The zero-order valence-corrected chi connectivity index (χ0v) is 15.7. The molecule has 0 fully saturated rings. The van der Waals surface area contributed by atoms with Gasteiger partial charge in [-0.1, -0.05) is 36.4 Å². The van der Waals surface area contributed by atoms with Crippen LogP contribution in [0.15, 0.2) is 71.3 Å². The number of halogens is 1. The summed E-state index contributed by atoms with van der Waals surface area (Å²) in [6, 6.07) is 21.3. The number of hydrogen-bond donors (Lipinski definition) is 2. The first-order chi connectivity index (χ1) is 12.7. The first-order valence-electron chi connectivity index (χ1n) is 8.23. The van der Waals surface area contributed by atoms with Crippen LogP contribution < -0.4 is 4.74 Å². The Morgan fingerprint density at radius 1 is 1.04 bits per heavy atom. The van der Waals surface area contributed by atoms with E-state index in [1.54, 1.807) is 7.11 Å². The number of benzene rings is 2. The van der Waals surface area contributed by atoms with Gasteiger partial charge < -0.3 is 14.8 Å². The molecule has 2 aromatic carbocycles. The first kappa shape index (κ1) is 16.8. The summed E-state index contributed by atoms with van der Waals surface area (Å²) in [4.78, 5) is 7.87. The number of ether oxygens (including phenoxy) is 1. The second kappa shape index (κ2) is 6.94. The fraction of sp³-hybridized carbons (Fsp3) is 0.0952. The molecule has 2 N–H and O–H groups in total. The molecule has 130 valence electrons. The number of aliphatic hydroxyl groups is 1. The van der Waals surface area contributed by atoms with Crippen molar-refractivity contribution in [2.75, 3.05) is 7.11 Å². The van der Waals surface area contributed by atoms with Crippen molar-refractivity contribution in [3.05, 3.63) is 82.6 Å². The van der Waals surface area contributed by atoms with Gasteiger partial charge in [0.15, 0.2) is 0 Å². The number of hydrogen-bond acceptors (Lipinski definition) is 3. The Hall–Kier alpha value is -2.63. The van der Waals surface area contributed by atoms with Gasteiger partial charge in [-0.25, -0.2) is 4.98 Å². The van der Waals surface area contributed by atoms with Gasteiger partial charge >= 0.3 is 0 Å². The van der Waals surface area contributed by atoms with E-state index in [-0.39, 0.29) is 0 Å². The highest BCUT2D eigenvalue weighted by Gasteiger charge is 2.22. The maximum absolute atomic E-state index is 11.1. The van der Waals surface area contributed by atoms with Gasteiger partial charge in [0, 0.05) is 22.5 Å². The molecule has 0 amide bonds. The molecule has 0 saturated carbocycles. The normalized spacial score (nSPS) is 12.3. The van der Waals surface area contributed by atoms with Gasteiger partial charge in [0.2, 0.25) is 0 Å². The van der Waals surface area contributed by atoms with Gasteiger partial charge in [0.05, 0.1) is 18.5 Å². The molecule has 0 saturated heterocycles. The number of methoxy groups -OCH3 is 1. The Kier molecular flexibility index (Phi) is 4.49. The van der Waals surface area contributed by atoms with Crippen LogP contribution >= 0.6 is 15.9 Å². The first-order valence-corrected chi connectivity index (χ1v) is 9.02. The highest BCUT2D eigenvalue weighted by Crippen LogP contribution is 2.38. The fourth-order valence-electron chi connectivity index (χ4n) is 3.17. The quantitative estimate of drug-likeness (QED) is 0.462. The highest BCUT2D eigenvalue weighted by atomic mass is 79.9. The monoisotopic (exact) mass is 408 g/mol. The molecule has 0 spiro atoms. The van der Waals surface area contributed by atoms with E-state index in [2.05, 4.69) is 25.9 Å². The number of fused-ring (bicyclic) bond motifs is 1. The molecule has 0 aliphatic carbocycles. The average molecular weight is 409 g/mol. The Balaban J connectivity index is 1.96. The molecule has 1 unspecified atom stereocenters. The molecular formula is C21H17BrN2O2. The predicted molar refractivity (Wildman–Crippen MR) is 106 cm³/mol. The molecule has 1 atom stereocenters. The molecule has 26 heavy (non-hydrogen) atoms. The van der Waals surface area contributed by atoms with Crippen LogP contribution in [0, 0.1) is 0 Å². The summed E-state index contributed by atoms with van der Waals surface area (Å²) in [5.74, 6) is 0.764. The van der Waals surface area contributed by atoms with E-state index >= 15 is 0 Å². The van der Waals surface area contributed by atoms with Gasteiger partial charge in [0.1, 0.15) is 16.5 Å². The number of nitrogens with zero attached hydrogens (tertiary/aromatic N) is 1. The molecule has 0 radical (unpaired) electrons. The molecule has 0 aliphatic heterocycles. The molecule has 4 rings (SSSR count). The second-order valence-electron chi connectivity index (χ2n) is 5.98. The molecule has 5 heteroatoms. The van der Waals surface area contributed by atoms with Crippen molar-refractivity contribution < 1.29 is 9.84 Å². The molecule has 4 aromatic rings. The smallest absolute Gasteiger partial charge is 0.124 e. The van der Waals surface area contributed by atoms with Crippen LogP contribution in [-0.4, -0.2) is 22.2 Å². The number of rotatable bonds is 4. The second-order valence-corrected chi connectivity index (χ2v) is 6.79. The number of aromatic nitrogens is 2. The van der Waals surface area contributed by atoms with Crippen LogP contribution in [0.5, 0.6) is 5.75 Å². The van der Waals surface area contributed by atoms with E-state index in [4.69, 9.17) is 4.74 Å². The number of H-pyrrole nitrogens is 1. The van der Waals surface area contributed by atoms with Crippen molar-refractivity contribution in [1.29, 1.82) is 0 Å². The summed E-state index contributed by atoms with van der Waals surface area (Å²) in [7, 11) is 1.64. The Morgan fingerprint density at radius 3 is 2.58 bits per heavy atom. The van der Waals surface area contributed by atoms with Gasteiger partial charge in [-0.3, -0.25) is 0 Å². The molecular weight excluding hydrogens is 392 g/mol. The van der Waals surface area contributed by atoms with Crippen molar-refractivity contribution >= 4 is 26.8 Å². The van der Waals surface area contributed by atoms with E-state index in [1.807, 2.05) is 66.7 Å². The lowest BCUT2D eigenvalue weighted by Gasteiger charge is -2.13. The van der Waals surface area contributed by atoms with Gasteiger partial charge in [0.25, 0.3) is 0 Å². The summed E-state index contributed by atoms with van der Waals surface area (Å²) in [6.45, 7) is 0. The van der Waals surface area contributed by atoms with Crippen molar-refractivity contribution in [3.63, 3.8) is 0 Å². The molecule has 0 bridgehead atoms. The Labute approximate surface area is 159 Å². The third kappa shape index (κ3) is 3.00. The van der Waals surface area contributed by atoms with Crippen molar-refractivity contribution in [3.8, 4) is 17.0 Å². The van der Waals surface area contributed by atoms with Gasteiger partial charge in [-0.2, -0.15) is 0 Å². The van der Waals surface area contributed by atoms with Crippen LogP contribution in [0.2, 0.25) is 0 Å². The minimum Gasteiger partial charge on any atom is -0.497 e. The molecule has 2 heterocycles. The van der Waals surface area contributed by atoms with Crippen molar-refractivity contribution in [1.82, 2.24) is 9.97 Å². The van der Waals surface area contributed by atoms with Crippen LogP contribution in [0.4, 0.5) is 0 Å². The zero-order valence-electron chi connectivity index (χ0n) is 14.1. The number of aromatic amines is 1. The number of pyridine rings is 1. The predicted octanol–water partition coefficient (Wildman–Crippen LogP) is 5.08. The molecule has 2 aromatic heterocycles. The minimum absolute atomic E-state index is 0.591. The van der Waals surface area contributed by atoms with Crippen LogP contribution in [0.25, 0.3) is 22.2 Å². The Morgan fingerprint density at radius 2 is 1.85 bits per heavy atom. The summed E-state index contributed by atoms with van der Waals surface area (Å²) in [6.07, 6.45) is -0.857. The topological polar surface area (TPSA) is 58.1 Å². The molecule has 0 aliphatic rings. The van der Waals surface area contributed by atoms with E-state index in [0.717, 1.165) is 33.5 Å². The third-order valence-corrected chi connectivity index (χ3v) is 4.84. The highest BCUT2D eigenvalue weighted by molar-refractivity contribution is 9.10. The third-order valence-electron chi connectivity index (χ3n) is 4.40. The van der Waals surface area contributed by atoms with E-state index in [0.29, 0.717) is 10.3 Å². The van der Waals surface area contributed by atoms with Crippen molar-refractivity contribution in [2.45, 2.75) is 6.10 Å². The van der Waals surface area contributed by atoms with Gasteiger partial charge in [-0.15, -0.1) is 0 Å². The lowest BCUT2D eigenvalue weighted by Crippen LogP contribution is -2.03. The maximum atomic E-state index is 11.1. The maximum Gasteiger partial charge on any atom is 0.124 e. The van der Waals surface area contributed by atoms with E-state index in [9.17, 15) is 5.11 Å². The average Bonchev–Trinajstić information content (AvgIpc) is 3.06. The summed E-state index contributed by atoms with van der Waals surface area (Å²) < 4.78 is 6.03. The number of aliphatic hydroxyl groups excluding tert-OH is 1. The Bertz CT molecular complexity index is 1060. The summed E-state index contributed by atoms with van der Waals surface area (Å²) >= 11 is 3.38. The summed E-state index contributed by atoms with van der Waals surface area (Å²) in [5.41, 5.74) is 4.19. The number of nitrogens with one attached hydrogen (secondary N) is 1. The SMILES string of the molecule is COc1ccc2c(C(O)c3cccc(Br)n3)c(-c3ccccc3)[nH]c2c1. The van der Waals surface area contributed by atoms with Crippen LogP contribution in [-0.2, 0) is 0 Å². The largest absolute Gasteiger partial charge is 0.497 e. The fourth-order valence-corrected chi connectivity index (χ4v) is 3.52. The van der Waals surface area contributed by atoms with E-state index in [1.165, 1.54) is 0 Å². The minimum atomic E-state index is -0.857. The lowest BCUT2D eigenvalue weighted by atomic mass is 9.98. The lowest BCUT2D eigenvalue weighted by molar-refractivity contribution is 0.217. The standard InChI is InChI=1S/C21H17BrN2O2/c1-26-14-10-11-15-17(12-14)24-20(13-6-3-2-4-7-13)19(15)21(25)16-8-5-9-18(22)23-16/h2-12,21,24-25H,1H3.